The van der Waals surface area contributed by atoms with E-state index in [0.29, 0.717) is 25.9 Å². The van der Waals surface area contributed by atoms with Crippen LogP contribution in [-0.4, -0.2) is 34.1 Å². The van der Waals surface area contributed by atoms with E-state index in [9.17, 15) is 9.18 Å². The molecule has 0 saturated carbocycles. The summed E-state index contributed by atoms with van der Waals surface area (Å²) in [5, 5.41) is 10.1. The summed E-state index contributed by atoms with van der Waals surface area (Å²) in [7, 11) is 0. The van der Waals surface area contributed by atoms with Crippen LogP contribution in [0.1, 0.15) is 12.8 Å². The molecular formula is C20H19ClFN3O2. The standard InChI is InChI=1S/C20H18FN3O2.ClH/c21-18-5-2-16(12-22-18)14-1-4-17-15(11-14)3-6-19(23-17)24-9-7-13(8-10-24)20(25)26;/h1-6,11-13H,7-10H2,(H,25,26);1H. The number of hydrogen-bond acceptors (Lipinski definition) is 4. The molecule has 3 aromatic rings. The Morgan fingerprint density at radius 3 is 2.48 bits per heavy atom. The smallest absolute Gasteiger partial charge is 0.306 e. The van der Waals surface area contributed by atoms with Crippen LogP contribution in [-0.2, 0) is 4.79 Å². The maximum atomic E-state index is 13.0. The van der Waals surface area contributed by atoms with Crippen molar-refractivity contribution in [3.8, 4) is 11.1 Å². The first-order valence-electron chi connectivity index (χ1n) is 8.61. The molecule has 1 aromatic carbocycles. The summed E-state index contributed by atoms with van der Waals surface area (Å²) in [6, 6.07) is 12.9. The molecule has 7 heteroatoms. The fraction of sp³-hybridized carbons (Fsp3) is 0.250. The van der Waals surface area contributed by atoms with E-state index in [1.807, 2.05) is 30.3 Å². The number of carboxylic acid groups (broad SMARTS) is 1. The summed E-state index contributed by atoms with van der Waals surface area (Å²) in [4.78, 5) is 21.6. The van der Waals surface area contributed by atoms with Gasteiger partial charge in [0.1, 0.15) is 5.82 Å². The third-order valence-electron chi connectivity index (χ3n) is 4.90. The largest absolute Gasteiger partial charge is 0.481 e. The molecular weight excluding hydrogens is 369 g/mol. The zero-order chi connectivity index (χ0) is 18.1. The second kappa shape index (κ2) is 7.88. The molecule has 1 aliphatic heterocycles. The number of nitrogens with zero attached hydrogens (tertiary/aromatic N) is 3. The number of aliphatic carboxylic acids is 1. The Labute approximate surface area is 162 Å². The Balaban J connectivity index is 0.00000210. The number of rotatable bonds is 3. The van der Waals surface area contributed by atoms with Gasteiger partial charge in [0, 0.05) is 30.2 Å². The van der Waals surface area contributed by atoms with Crippen LogP contribution in [0, 0.1) is 11.9 Å². The van der Waals surface area contributed by atoms with Gasteiger partial charge < -0.3 is 10.0 Å². The molecule has 5 nitrogen and oxygen atoms in total. The Kier molecular flexibility index (Phi) is 5.56. The molecule has 0 radical (unpaired) electrons. The number of pyridine rings is 2. The van der Waals surface area contributed by atoms with Crippen molar-refractivity contribution in [2.24, 2.45) is 5.92 Å². The molecule has 0 spiro atoms. The van der Waals surface area contributed by atoms with Crippen LogP contribution in [0.3, 0.4) is 0 Å². The molecule has 1 saturated heterocycles. The van der Waals surface area contributed by atoms with Gasteiger partial charge in [-0.3, -0.25) is 4.79 Å². The van der Waals surface area contributed by atoms with Gasteiger partial charge in [-0.05, 0) is 54.8 Å². The molecule has 27 heavy (non-hydrogen) atoms. The third kappa shape index (κ3) is 4.01. The predicted molar refractivity (Wildman–Crippen MR) is 105 cm³/mol. The monoisotopic (exact) mass is 387 g/mol. The van der Waals surface area contributed by atoms with Crippen LogP contribution in [0.15, 0.2) is 48.7 Å². The van der Waals surface area contributed by atoms with Crippen LogP contribution in [0.5, 0.6) is 0 Å². The van der Waals surface area contributed by atoms with Crippen molar-refractivity contribution in [1.29, 1.82) is 0 Å². The normalized spacial score (nSPS) is 14.8. The number of fused-ring (bicyclic) bond motifs is 1. The zero-order valence-electron chi connectivity index (χ0n) is 14.5. The first kappa shape index (κ1) is 19.0. The van der Waals surface area contributed by atoms with E-state index in [-0.39, 0.29) is 18.3 Å². The molecule has 0 atom stereocenters. The highest BCUT2D eigenvalue weighted by Crippen LogP contribution is 2.27. The van der Waals surface area contributed by atoms with Crippen molar-refractivity contribution >= 4 is 35.1 Å². The van der Waals surface area contributed by atoms with E-state index in [1.165, 1.54) is 12.3 Å². The van der Waals surface area contributed by atoms with Crippen molar-refractivity contribution in [1.82, 2.24) is 9.97 Å². The maximum absolute atomic E-state index is 13.0. The Morgan fingerprint density at radius 2 is 1.81 bits per heavy atom. The quantitative estimate of drug-likeness (QED) is 0.683. The second-order valence-corrected chi connectivity index (χ2v) is 6.55. The predicted octanol–water partition coefficient (Wildman–Crippen LogP) is 4.16. The number of carboxylic acids is 1. The highest BCUT2D eigenvalue weighted by Gasteiger charge is 2.25. The van der Waals surface area contributed by atoms with Crippen LogP contribution in [0.4, 0.5) is 10.2 Å². The first-order chi connectivity index (χ1) is 12.6. The van der Waals surface area contributed by atoms with Crippen molar-refractivity contribution in [3.05, 3.63) is 54.6 Å². The SMILES string of the molecule is Cl.O=C(O)C1CCN(c2ccc3cc(-c4ccc(F)nc4)ccc3n2)CC1. The summed E-state index contributed by atoms with van der Waals surface area (Å²) in [5.41, 5.74) is 2.69. The zero-order valence-corrected chi connectivity index (χ0v) is 15.3. The van der Waals surface area contributed by atoms with E-state index in [0.717, 1.165) is 27.8 Å². The van der Waals surface area contributed by atoms with Gasteiger partial charge in [0.25, 0.3) is 0 Å². The number of carbonyl (C=O) groups is 1. The molecule has 2 aromatic heterocycles. The van der Waals surface area contributed by atoms with Crippen molar-refractivity contribution in [3.63, 3.8) is 0 Å². The first-order valence-corrected chi connectivity index (χ1v) is 8.61. The lowest BCUT2D eigenvalue weighted by Crippen LogP contribution is -2.36. The van der Waals surface area contributed by atoms with Gasteiger partial charge in [-0.25, -0.2) is 9.97 Å². The maximum Gasteiger partial charge on any atom is 0.306 e. The topological polar surface area (TPSA) is 66.3 Å². The van der Waals surface area contributed by atoms with Crippen LogP contribution in [0.25, 0.3) is 22.0 Å². The molecule has 0 amide bonds. The van der Waals surface area contributed by atoms with E-state index >= 15 is 0 Å². The second-order valence-electron chi connectivity index (χ2n) is 6.55. The van der Waals surface area contributed by atoms with Gasteiger partial charge in [0.15, 0.2) is 0 Å². The Bertz CT molecular complexity index is 957. The van der Waals surface area contributed by atoms with Gasteiger partial charge in [0.05, 0.1) is 11.4 Å². The summed E-state index contributed by atoms with van der Waals surface area (Å²) in [6.45, 7) is 1.41. The van der Waals surface area contributed by atoms with Gasteiger partial charge in [-0.1, -0.05) is 6.07 Å². The molecule has 0 aliphatic carbocycles. The third-order valence-corrected chi connectivity index (χ3v) is 4.90. The van der Waals surface area contributed by atoms with Crippen molar-refractivity contribution < 1.29 is 14.3 Å². The van der Waals surface area contributed by atoms with Crippen LogP contribution < -0.4 is 4.90 Å². The molecule has 0 bridgehead atoms. The molecule has 0 unspecified atom stereocenters. The summed E-state index contributed by atoms with van der Waals surface area (Å²) < 4.78 is 13.0. The number of aromatic nitrogens is 2. The summed E-state index contributed by atoms with van der Waals surface area (Å²) in [5.74, 6) is -0.581. The molecule has 1 aliphatic rings. The minimum Gasteiger partial charge on any atom is -0.481 e. The lowest BCUT2D eigenvalue weighted by molar-refractivity contribution is -0.142. The number of anilines is 1. The van der Waals surface area contributed by atoms with Crippen molar-refractivity contribution in [2.75, 3.05) is 18.0 Å². The number of hydrogen-bond donors (Lipinski definition) is 1. The number of benzene rings is 1. The summed E-state index contributed by atoms with van der Waals surface area (Å²) >= 11 is 0. The average molecular weight is 388 g/mol. The van der Waals surface area contributed by atoms with Gasteiger partial charge in [-0.2, -0.15) is 4.39 Å². The number of halogens is 2. The van der Waals surface area contributed by atoms with Crippen molar-refractivity contribution in [2.45, 2.75) is 12.8 Å². The highest BCUT2D eigenvalue weighted by molar-refractivity contribution is 5.86. The molecule has 3 heterocycles. The van der Waals surface area contributed by atoms with E-state index in [4.69, 9.17) is 10.1 Å². The average Bonchev–Trinajstić information content (AvgIpc) is 2.68. The molecule has 4 rings (SSSR count). The van der Waals surface area contributed by atoms with Gasteiger partial charge in [0.2, 0.25) is 5.95 Å². The molecule has 1 N–H and O–H groups in total. The number of piperidine rings is 1. The molecule has 140 valence electrons. The van der Waals surface area contributed by atoms with Gasteiger partial charge >= 0.3 is 5.97 Å². The van der Waals surface area contributed by atoms with E-state index < -0.39 is 11.9 Å². The van der Waals surface area contributed by atoms with Crippen LogP contribution in [0.2, 0.25) is 0 Å². The van der Waals surface area contributed by atoms with E-state index in [2.05, 4.69) is 9.88 Å². The minimum atomic E-state index is -0.709. The lowest BCUT2D eigenvalue weighted by Gasteiger charge is -2.31. The lowest BCUT2D eigenvalue weighted by atomic mass is 9.97. The fourth-order valence-electron chi connectivity index (χ4n) is 3.37. The molecule has 1 fully saturated rings. The van der Waals surface area contributed by atoms with Gasteiger partial charge in [-0.15, -0.1) is 12.4 Å². The van der Waals surface area contributed by atoms with Crippen LogP contribution >= 0.6 is 12.4 Å². The Morgan fingerprint density at radius 1 is 1.07 bits per heavy atom. The minimum absolute atomic E-state index is 0. The Hall–Kier alpha value is -2.73. The van der Waals surface area contributed by atoms with E-state index in [1.54, 1.807) is 6.07 Å². The highest BCUT2D eigenvalue weighted by atomic mass is 35.5. The summed E-state index contributed by atoms with van der Waals surface area (Å²) in [6.07, 6.45) is 2.81. The fourth-order valence-corrected chi connectivity index (χ4v) is 3.37.